The lowest BCUT2D eigenvalue weighted by Crippen LogP contribution is -1.89. The number of benzene rings is 1. The Morgan fingerprint density at radius 3 is 2.75 bits per heavy atom. The van der Waals surface area contributed by atoms with Gasteiger partial charge in [0.2, 0.25) is 0 Å². The molecular formula is C11H8ClFN2S. The standard InChI is InChI=1S/C11H8ClFN2S/c1-6-2-7(4-8(13)3-6)9-5-10(12)14-15-11(9)16/h2-5H,1H3,(H,15,16). The van der Waals surface area contributed by atoms with Gasteiger partial charge in [0.05, 0.1) is 0 Å². The zero-order valence-electron chi connectivity index (χ0n) is 8.42. The van der Waals surface area contributed by atoms with Crippen LogP contribution in [0.15, 0.2) is 24.3 Å². The van der Waals surface area contributed by atoms with Crippen molar-refractivity contribution in [2.24, 2.45) is 0 Å². The molecular weight excluding hydrogens is 247 g/mol. The third kappa shape index (κ3) is 2.28. The van der Waals surface area contributed by atoms with E-state index in [-0.39, 0.29) is 5.82 Å². The monoisotopic (exact) mass is 254 g/mol. The van der Waals surface area contributed by atoms with Gasteiger partial charge in [-0.05, 0) is 36.2 Å². The van der Waals surface area contributed by atoms with Gasteiger partial charge in [-0.3, -0.25) is 5.10 Å². The predicted octanol–water partition coefficient (Wildman–Crippen LogP) is 3.91. The molecule has 1 heterocycles. The van der Waals surface area contributed by atoms with Crippen molar-refractivity contribution in [1.29, 1.82) is 0 Å². The molecule has 0 amide bonds. The Morgan fingerprint density at radius 2 is 2.06 bits per heavy atom. The number of rotatable bonds is 1. The Hall–Kier alpha value is -1.26. The maximum Gasteiger partial charge on any atom is 0.150 e. The number of nitrogens with zero attached hydrogens (tertiary/aromatic N) is 1. The molecule has 0 atom stereocenters. The first-order chi connectivity index (χ1) is 7.56. The summed E-state index contributed by atoms with van der Waals surface area (Å²) >= 11 is 10.8. The Kier molecular flexibility index (Phi) is 3.03. The first-order valence-corrected chi connectivity index (χ1v) is 5.37. The van der Waals surface area contributed by atoms with Gasteiger partial charge in [-0.25, -0.2) is 4.39 Å². The van der Waals surface area contributed by atoms with Gasteiger partial charge in [0, 0.05) is 5.56 Å². The maximum absolute atomic E-state index is 13.3. The summed E-state index contributed by atoms with van der Waals surface area (Å²) in [5.74, 6) is -0.294. The van der Waals surface area contributed by atoms with Gasteiger partial charge < -0.3 is 0 Å². The van der Waals surface area contributed by atoms with E-state index in [1.54, 1.807) is 6.07 Å². The molecule has 1 aromatic carbocycles. The van der Waals surface area contributed by atoms with Crippen LogP contribution in [-0.4, -0.2) is 10.2 Å². The molecule has 0 aliphatic carbocycles. The van der Waals surface area contributed by atoms with Crippen molar-refractivity contribution in [2.75, 3.05) is 0 Å². The van der Waals surface area contributed by atoms with Crippen LogP contribution in [0.25, 0.3) is 11.1 Å². The minimum Gasteiger partial charge on any atom is -0.266 e. The first kappa shape index (κ1) is 11.2. The predicted molar refractivity (Wildman–Crippen MR) is 64.6 cm³/mol. The Bertz CT molecular complexity index is 575. The summed E-state index contributed by atoms with van der Waals surface area (Å²) in [6, 6.07) is 6.34. The van der Waals surface area contributed by atoms with Crippen molar-refractivity contribution in [3.8, 4) is 11.1 Å². The zero-order valence-corrected chi connectivity index (χ0v) is 9.99. The summed E-state index contributed by atoms with van der Waals surface area (Å²) in [6.45, 7) is 1.82. The summed E-state index contributed by atoms with van der Waals surface area (Å²) in [7, 11) is 0. The highest BCUT2D eigenvalue weighted by Gasteiger charge is 2.05. The molecule has 0 fully saturated rings. The first-order valence-electron chi connectivity index (χ1n) is 4.59. The van der Waals surface area contributed by atoms with Crippen LogP contribution in [0, 0.1) is 17.4 Å². The van der Waals surface area contributed by atoms with Gasteiger partial charge in [-0.1, -0.05) is 29.9 Å². The van der Waals surface area contributed by atoms with Crippen molar-refractivity contribution in [3.05, 3.63) is 45.4 Å². The van der Waals surface area contributed by atoms with Gasteiger partial charge in [0.15, 0.2) is 0 Å². The number of aromatic amines is 1. The highest BCUT2D eigenvalue weighted by Crippen LogP contribution is 2.23. The van der Waals surface area contributed by atoms with Crippen LogP contribution in [0.1, 0.15) is 5.56 Å². The molecule has 82 valence electrons. The average molecular weight is 255 g/mol. The summed E-state index contributed by atoms with van der Waals surface area (Å²) in [5.41, 5.74) is 2.21. The fraction of sp³-hybridized carbons (Fsp3) is 0.0909. The summed E-state index contributed by atoms with van der Waals surface area (Å²) < 4.78 is 13.7. The van der Waals surface area contributed by atoms with Gasteiger partial charge in [-0.2, -0.15) is 5.10 Å². The van der Waals surface area contributed by atoms with Gasteiger partial charge in [0.1, 0.15) is 15.6 Å². The number of halogens is 2. The molecule has 1 N–H and O–H groups in total. The summed E-state index contributed by atoms with van der Waals surface area (Å²) in [5, 5.41) is 6.66. The summed E-state index contributed by atoms with van der Waals surface area (Å²) in [6.07, 6.45) is 0. The quantitative estimate of drug-likeness (QED) is 0.782. The van der Waals surface area contributed by atoms with Crippen molar-refractivity contribution in [3.63, 3.8) is 0 Å². The fourth-order valence-corrected chi connectivity index (χ4v) is 1.86. The van der Waals surface area contributed by atoms with Gasteiger partial charge in [-0.15, -0.1) is 0 Å². The van der Waals surface area contributed by atoms with Crippen LogP contribution in [0.2, 0.25) is 5.15 Å². The lowest BCUT2D eigenvalue weighted by Gasteiger charge is -2.04. The van der Waals surface area contributed by atoms with Crippen molar-refractivity contribution >= 4 is 23.8 Å². The Balaban J connectivity index is 2.67. The Morgan fingerprint density at radius 1 is 1.31 bits per heavy atom. The second-order valence-electron chi connectivity index (χ2n) is 3.45. The molecule has 0 radical (unpaired) electrons. The number of aryl methyl sites for hydroxylation is 1. The van der Waals surface area contributed by atoms with Crippen LogP contribution >= 0.6 is 23.8 Å². The largest absolute Gasteiger partial charge is 0.266 e. The van der Waals surface area contributed by atoms with Crippen molar-refractivity contribution < 1.29 is 4.39 Å². The SMILES string of the molecule is Cc1cc(F)cc(-c2cc(Cl)n[nH]c2=S)c1. The third-order valence-electron chi connectivity index (χ3n) is 2.13. The molecule has 0 unspecified atom stereocenters. The van der Waals surface area contributed by atoms with E-state index in [1.165, 1.54) is 12.1 Å². The van der Waals surface area contributed by atoms with Crippen LogP contribution < -0.4 is 0 Å². The van der Waals surface area contributed by atoms with E-state index >= 15 is 0 Å². The molecule has 1 aromatic heterocycles. The smallest absolute Gasteiger partial charge is 0.150 e. The number of hydrogen-bond donors (Lipinski definition) is 1. The summed E-state index contributed by atoms with van der Waals surface area (Å²) in [4.78, 5) is 0. The highest BCUT2D eigenvalue weighted by molar-refractivity contribution is 7.71. The molecule has 2 rings (SSSR count). The molecule has 2 nitrogen and oxygen atoms in total. The van der Waals surface area contributed by atoms with Gasteiger partial charge >= 0.3 is 0 Å². The van der Waals surface area contributed by atoms with E-state index in [0.717, 1.165) is 5.56 Å². The molecule has 0 aliphatic heterocycles. The minimum atomic E-state index is -0.294. The number of hydrogen-bond acceptors (Lipinski definition) is 2. The second-order valence-corrected chi connectivity index (χ2v) is 4.25. The van der Waals surface area contributed by atoms with Gasteiger partial charge in [0.25, 0.3) is 0 Å². The highest BCUT2D eigenvalue weighted by atomic mass is 35.5. The van der Waals surface area contributed by atoms with Crippen molar-refractivity contribution in [1.82, 2.24) is 10.2 Å². The van der Waals surface area contributed by atoms with Crippen LogP contribution in [0.3, 0.4) is 0 Å². The van der Waals surface area contributed by atoms with Crippen LogP contribution in [0.4, 0.5) is 4.39 Å². The molecule has 0 spiro atoms. The zero-order chi connectivity index (χ0) is 11.7. The van der Waals surface area contributed by atoms with Crippen LogP contribution in [0.5, 0.6) is 0 Å². The van der Waals surface area contributed by atoms with E-state index < -0.39 is 0 Å². The second kappa shape index (κ2) is 4.31. The lowest BCUT2D eigenvalue weighted by atomic mass is 10.1. The van der Waals surface area contributed by atoms with E-state index in [9.17, 15) is 4.39 Å². The third-order valence-corrected chi connectivity index (χ3v) is 2.63. The van der Waals surface area contributed by atoms with E-state index in [0.29, 0.717) is 20.9 Å². The molecule has 0 aliphatic rings. The normalized spacial score (nSPS) is 10.4. The molecule has 0 saturated heterocycles. The minimum absolute atomic E-state index is 0.294. The van der Waals surface area contributed by atoms with E-state index in [4.69, 9.17) is 23.8 Å². The topological polar surface area (TPSA) is 28.7 Å². The van der Waals surface area contributed by atoms with E-state index in [2.05, 4.69) is 10.2 Å². The van der Waals surface area contributed by atoms with Crippen LogP contribution in [-0.2, 0) is 0 Å². The molecule has 0 saturated carbocycles. The lowest BCUT2D eigenvalue weighted by molar-refractivity contribution is 0.627. The maximum atomic E-state index is 13.3. The Labute approximate surface area is 102 Å². The van der Waals surface area contributed by atoms with Crippen molar-refractivity contribution in [2.45, 2.75) is 6.92 Å². The molecule has 0 bridgehead atoms. The molecule has 2 aromatic rings. The molecule has 5 heteroatoms. The van der Waals surface area contributed by atoms with E-state index in [1.807, 2.05) is 13.0 Å². The fourth-order valence-electron chi connectivity index (χ4n) is 1.49. The number of nitrogens with one attached hydrogen (secondary N) is 1. The average Bonchev–Trinajstić information content (AvgIpc) is 2.20. The molecule has 16 heavy (non-hydrogen) atoms. The number of H-pyrrole nitrogens is 1. The number of aromatic nitrogens is 2.